The number of rotatable bonds is 4. The van der Waals surface area contributed by atoms with E-state index in [4.69, 9.17) is 0 Å². The summed E-state index contributed by atoms with van der Waals surface area (Å²) in [5.74, 6) is -0.0368. The SMILES string of the molecule is CCn1c2ccccc2c2cc(NS(=O)(=O)c3ccc4c(c3)CC(=O)N4C)ccc21. The van der Waals surface area contributed by atoms with Crippen molar-refractivity contribution < 1.29 is 13.2 Å². The van der Waals surface area contributed by atoms with Crippen LogP contribution in [0.25, 0.3) is 21.8 Å². The number of hydrogen-bond acceptors (Lipinski definition) is 3. The summed E-state index contributed by atoms with van der Waals surface area (Å²) < 4.78 is 30.9. The lowest BCUT2D eigenvalue weighted by molar-refractivity contribution is -0.117. The Balaban J connectivity index is 1.55. The van der Waals surface area contributed by atoms with Crippen molar-refractivity contribution in [1.29, 1.82) is 0 Å². The van der Waals surface area contributed by atoms with Gasteiger partial charge in [-0.1, -0.05) is 18.2 Å². The molecule has 0 saturated carbocycles. The van der Waals surface area contributed by atoms with Gasteiger partial charge in [0.05, 0.1) is 11.3 Å². The summed E-state index contributed by atoms with van der Waals surface area (Å²) in [6, 6.07) is 18.6. The zero-order valence-corrected chi connectivity index (χ0v) is 17.5. The molecule has 1 aromatic heterocycles. The maximum atomic E-state index is 13.0. The molecule has 0 atom stereocenters. The Bertz CT molecular complexity index is 1440. The predicted octanol–water partition coefficient (Wildman–Crippen LogP) is 4.13. The van der Waals surface area contributed by atoms with Crippen LogP contribution in [0.2, 0.25) is 0 Å². The summed E-state index contributed by atoms with van der Waals surface area (Å²) in [7, 11) is -2.08. The third kappa shape index (κ3) is 2.77. The summed E-state index contributed by atoms with van der Waals surface area (Å²) in [6.07, 6.45) is 0.220. The molecule has 0 spiro atoms. The van der Waals surface area contributed by atoms with Crippen molar-refractivity contribution in [3.63, 3.8) is 0 Å². The molecule has 1 aliphatic heterocycles. The van der Waals surface area contributed by atoms with E-state index in [0.29, 0.717) is 5.69 Å². The maximum Gasteiger partial charge on any atom is 0.261 e. The highest BCUT2D eigenvalue weighted by atomic mass is 32.2. The molecule has 1 amide bonds. The minimum Gasteiger partial charge on any atom is -0.341 e. The van der Waals surface area contributed by atoms with Crippen molar-refractivity contribution in [2.75, 3.05) is 16.7 Å². The number of sulfonamides is 1. The smallest absolute Gasteiger partial charge is 0.261 e. The number of aromatic nitrogens is 1. The van der Waals surface area contributed by atoms with Gasteiger partial charge in [-0.3, -0.25) is 9.52 Å². The first kappa shape index (κ1) is 18.7. The molecule has 152 valence electrons. The molecule has 1 N–H and O–H groups in total. The molecule has 0 aliphatic carbocycles. The molecule has 1 aliphatic rings. The second-order valence-corrected chi connectivity index (χ2v) is 9.20. The number of benzene rings is 3. The van der Waals surface area contributed by atoms with Crippen LogP contribution in [0, 0.1) is 0 Å². The number of amides is 1. The van der Waals surface area contributed by atoms with Gasteiger partial charge >= 0.3 is 0 Å². The van der Waals surface area contributed by atoms with E-state index >= 15 is 0 Å². The molecular formula is C23H21N3O3S. The largest absolute Gasteiger partial charge is 0.341 e. The van der Waals surface area contributed by atoms with Gasteiger partial charge in [0.2, 0.25) is 5.91 Å². The number of hydrogen-bond donors (Lipinski definition) is 1. The number of likely N-dealkylation sites (N-methyl/N-ethyl adjacent to an activating group) is 1. The van der Waals surface area contributed by atoms with Gasteiger partial charge in [0, 0.05) is 46.8 Å². The van der Waals surface area contributed by atoms with E-state index in [2.05, 4.69) is 28.3 Å². The van der Waals surface area contributed by atoms with Crippen LogP contribution in [-0.4, -0.2) is 25.9 Å². The molecule has 30 heavy (non-hydrogen) atoms. The van der Waals surface area contributed by atoms with E-state index in [-0.39, 0.29) is 17.2 Å². The first-order valence-corrected chi connectivity index (χ1v) is 11.3. The van der Waals surface area contributed by atoms with Crippen LogP contribution in [0.5, 0.6) is 0 Å². The molecule has 0 fully saturated rings. The topological polar surface area (TPSA) is 71.4 Å². The standard InChI is InChI=1S/C23H21N3O3S/c1-3-26-21-7-5-4-6-18(21)19-14-16(8-10-22(19)26)24-30(28,29)17-9-11-20-15(12-17)13-23(27)25(20)2/h4-12,14,24H,3,13H2,1-2H3. The number of anilines is 2. The molecule has 0 bridgehead atoms. The Hall–Kier alpha value is -3.32. The highest BCUT2D eigenvalue weighted by Gasteiger charge is 2.26. The number of carbonyl (C=O) groups excluding carboxylic acids is 1. The molecule has 0 unspecified atom stereocenters. The molecule has 5 rings (SSSR count). The summed E-state index contributed by atoms with van der Waals surface area (Å²) in [6.45, 7) is 2.93. The van der Waals surface area contributed by atoms with Crippen molar-refractivity contribution in [2.45, 2.75) is 24.8 Å². The van der Waals surface area contributed by atoms with E-state index < -0.39 is 10.0 Å². The van der Waals surface area contributed by atoms with Gasteiger partial charge in [0.1, 0.15) is 0 Å². The Morgan fingerprint density at radius 2 is 1.73 bits per heavy atom. The van der Waals surface area contributed by atoms with Crippen molar-refractivity contribution in [1.82, 2.24) is 4.57 Å². The lowest BCUT2D eigenvalue weighted by atomic mass is 10.1. The van der Waals surface area contributed by atoms with Crippen molar-refractivity contribution >= 4 is 49.1 Å². The van der Waals surface area contributed by atoms with E-state index in [1.54, 1.807) is 30.1 Å². The molecule has 6 nitrogen and oxygen atoms in total. The van der Waals surface area contributed by atoms with Gasteiger partial charge in [0.15, 0.2) is 0 Å². The molecule has 0 saturated heterocycles. The minimum absolute atomic E-state index is 0.0368. The second kappa shape index (κ2) is 6.60. The van der Waals surface area contributed by atoms with Crippen LogP contribution in [0.3, 0.4) is 0 Å². The Labute approximate surface area is 174 Å². The highest BCUT2D eigenvalue weighted by Crippen LogP contribution is 2.33. The number of nitrogens with zero attached hydrogens (tertiary/aromatic N) is 2. The third-order valence-electron chi connectivity index (χ3n) is 5.78. The summed E-state index contributed by atoms with van der Waals surface area (Å²) in [5.41, 5.74) is 4.19. The van der Waals surface area contributed by atoms with Crippen LogP contribution in [0.15, 0.2) is 65.6 Å². The zero-order chi connectivity index (χ0) is 21.0. The Morgan fingerprint density at radius 1 is 0.967 bits per heavy atom. The number of carbonyl (C=O) groups is 1. The number of para-hydroxylation sites is 1. The van der Waals surface area contributed by atoms with E-state index in [1.165, 1.54) is 6.07 Å². The van der Waals surface area contributed by atoms with Gasteiger partial charge in [0.25, 0.3) is 10.0 Å². The van der Waals surface area contributed by atoms with E-state index in [0.717, 1.165) is 39.6 Å². The van der Waals surface area contributed by atoms with Crippen molar-refractivity contribution in [3.8, 4) is 0 Å². The van der Waals surface area contributed by atoms with Crippen LogP contribution >= 0.6 is 0 Å². The van der Waals surface area contributed by atoms with E-state index in [9.17, 15) is 13.2 Å². The fourth-order valence-corrected chi connectivity index (χ4v) is 5.39. The average Bonchev–Trinajstić information content (AvgIpc) is 3.21. The highest BCUT2D eigenvalue weighted by molar-refractivity contribution is 7.92. The number of fused-ring (bicyclic) bond motifs is 4. The fraction of sp³-hybridized carbons (Fsp3) is 0.174. The third-order valence-corrected chi connectivity index (χ3v) is 7.16. The molecular weight excluding hydrogens is 398 g/mol. The second-order valence-electron chi connectivity index (χ2n) is 7.52. The van der Waals surface area contributed by atoms with Gasteiger partial charge in [-0.15, -0.1) is 0 Å². The monoisotopic (exact) mass is 419 g/mol. The summed E-state index contributed by atoms with van der Waals surface area (Å²) in [4.78, 5) is 13.6. The Morgan fingerprint density at radius 3 is 2.53 bits per heavy atom. The number of aryl methyl sites for hydroxylation is 1. The summed E-state index contributed by atoms with van der Waals surface area (Å²) in [5, 5.41) is 2.10. The quantitative estimate of drug-likeness (QED) is 0.541. The van der Waals surface area contributed by atoms with E-state index in [1.807, 2.05) is 24.3 Å². The lowest BCUT2D eigenvalue weighted by Crippen LogP contribution is -2.20. The summed E-state index contributed by atoms with van der Waals surface area (Å²) >= 11 is 0. The molecule has 0 radical (unpaired) electrons. The molecule has 3 aromatic carbocycles. The molecule has 4 aromatic rings. The maximum absolute atomic E-state index is 13.0. The van der Waals surface area contributed by atoms with Gasteiger partial charge < -0.3 is 9.47 Å². The molecule has 2 heterocycles. The van der Waals surface area contributed by atoms with Crippen LogP contribution in [-0.2, 0) is 27.8 Å². The molecule has 7 heteroatoms. The average molecular weight is 420 g/mol. The number of nitrogens with one attached hydrogen (secondary N) is 1. The van der Waals surface area contributed by atoms with Crippen molar-refractivity contribution in [3.05, 3.63) is 66.2 Å². The normalized spacial score (nSPS) is 13.9. The first-order chi connectivity index (χ1) is 14.4. The fourth-order valence-electron chi connectivity index (χ4n) is 4.29. The zero-order valence-electron chi connectivity index (χ0n) is 16.7. The van der Waals surface area contributed by atoms with Crippen LogP contribution in [0.4, 0.5) is 11.4 Å². The first-order valence-electron chi connectivity index (χ1n) is 9.82. The van der Waals surface area contributed by atoms with Gasteiger partial charge in [-0.2, -0.15) is 0 Å². The van der Waals surface area contributed by atoms with Crippen molar-refractivity contribution in [2.24, 2.45) is 0 Å². The Kier molecular flexibility index (Phi) is 4.11. The van der Waals surface area contributed by atoms with Gasteiger partial charge in [-0.05, 0) is 55.0 Å². The predicted molar refractivity (Wildman–Crippen MR) is 119 cm³/mol. The lowest BCUT2D eigenvalue weighted by Gasteiger charge is -2.12. The van der Waals surface area contributed by atoms with Crippen LogP contribution in [0.1, 0.15) is 12.5 Å². The van der Waals surface area contributed by atoms with Gasteiger partial charge in [-0.25, -0.2) is 8.42 Å². The van der Waals surface area contributed by atoms with Crippen LogP contribution < -0.4 is 9.62 Å². The minimum atomic E-state index is -3.78.